The first kappa shape index (κ1) is 89.4. The monoisotopic (exact) mass is 1540 g/mol. The average Bonchev–Trinajstić information content (AvgIpc) is 1.71. The van der Waals surface area contributed by atoms with Gasteiger partial charge >= 0.3 is 0 Å². The maximum Gasteiger partial charge on any atom is 0.258 e. The van der Waals surface area contributed by atoms with Gasteiger partial charge in [0.15, 0.2) is 0 Å². The molecule has 5 aromatic carbocycles. The van der Waals surface area contributed by atoms with E-state index in [1.807, 2.05) is 6.07 Å². The Morgan fingerprint density at radius 2 is 0.558 bits per heavy atom. The van der Waals surface area contributed by atoms with Gasteiger partial charge in [0.1, 0.15) is 5.78 Å². The first-order valence-corrected chi connectivity index (χ1v) is 35.8. The van der Waals surface area contributed by atoms with Crippen molar-refractivity contribution in [3.8, 4) is 0 Å². The smallest absolute Gasteiger partial charge is 0.258 e. The van der Waals surface area contributed by atoms with Gasteiger partial charge in [-0.1, -0.05) is 116 Å². The number of aryl methyl sites for hydroxylation is 1. The van der Waals surface area contributed by atoms with E-state index in [0.29, 0.717) is 47.1 Å². The zero-order valence-corrected chi connectivity index (χ0v) is 64.0. The fourth-order valence-electron chi connectivity index (χ4n) is 10.1. The molecule has 0 saturated carbocycles. The number of ketones is 1. The van der Waals surface area contributed by atoms with Crippen LogP contribution in [0.25, 0.3) is 0 Å². The lowest BCUT2D eigenvalue weighted by Crippen LogP contribution is -2.32. The average molecular weight is 1540 g/mol. The van der Waals surface area contributed by atoms with Crippen LogP contribution in [0.15, 0.2) is 219 Å². The number of likely N-dealkylation sites (N-methyl/N-ethyl adjacent to an activating group) is 1. The standard InChI is InChI=1S/C28H18N4O6.C15H10N2O4.C14H16N2O4.C10H7NO2.C5H5NO2.C3H6O.3C3H8/c33-23-10-11-24(34)31(23)21-8-1-4-17(14-21)27(37)29-19-6-3-7-20(16-19)30-28(38)18-5-2-9-22(15-18)32-25(35)12-13-26(32)36;1-9-2-3-10(16-12(18)4-5-13(16)19)8-11(9)17-14(20)6-7-15(17)21;17-11-5-6-12(18)15(11)9-3-1-2-4-10-16-13(19)7-8-14(16)20;12-9-6-7-10(13)11(9)8-4-2-1-3-5-8;1-6-4(7)2-3-5(6)8;1-3(2)4;3*1-3-2/h1-16H,(H,29,37)(H,30,38);2-8H,1H3;5-8H,1-4,9-10H2;1-7H;2-3H,1H3;1-2H3;3*3H2,1-2H3. The highest BCUT2D eigenvalue weighted by molar-refractivity contribution is 6.32. The van der Waals surface area contributed by atoms with E-state index >= 15 is 0 Å². The van der Waals surface area contributed by atoms with Crippen LogP contribution in [0.2, 0.25) is 0 Å². The number of carbonyl (C=O) groups is 19. The van der Waals surface area contributed by atoms with Crippen LogP contribution in [-0.4, -0.2) is 147 Å². The van der Waals surface area contributed by atoms with E-state index < -0.39 is 59.1 Å². The van der Waals surface area contributed by atoms with Gasteiger partial charge in [0.25, 0.3) is 106 Å². The third-order valence-corrected chi connectivity index (χ3v) is 15.2. The molecule has 0 atom stereocenters. The minimum absolute atomic E-state index is 0.167. The first-order chi connectivity index (χ1) is 53.9. The van der Waals surface area contributed by atoms with Gasteiger partial charge in [-0.05, 0) is 118 Å². The molecular weight excluding hydrogens is 1450 g/mol. The van der Waals surface area contributed by atoms with Gasteiger partial charge in [0.05, 0.1) is 28.4 Å². The second-order valence-electron chi connectivity index (χ2n) is 25.0. The summed E-state index contributed by atoms with van der Waals surface area (Å²) in [5, 5.41) is 5.45. The van der Waals surface area contributed by atoms with Crippen molar-refractivity contribution in [2.75, 3.05) is 55.3 Å². The number of unbranched alkanes of at least 4 members (excludes halogenated alkanes) is 3. The highest BCUT2D eigenvalue weighted by Crippen LogP contribution is 2.31. The Hall–Kier alpha value is -14.3. The summed E-state index contributed by atoms with van der Waals surface area (Å²) in [6.45, 7) is 18.4. The van der Waals surface area contributed by atoms with Crippen LogP contribution < -0.4 is 35.1 Å². The Labute approximate surface area is 652 Å². The van der Waals surface area contributed by atoms with Crippen LogP contribution in [0, 0.1) is 6.92 Å². The lowest BCUT2D eigenvalue weighted by molar-refractivity contribution is -0.138. The minimum Gasteiger partial charge on any atom is -0.322 e. The first-order valence-electron chi connectivity index (χ1n) is 35.8. The van der Waals surface area contributed by atoms with Crippen LogP contribution in [0.4, 0.5) is 39.8 Å². The summed E-state index contributed by atoms with van der Waals surface area (Å²) < 4.78 is 0. The number of rotatable bonds is 16. The molecule has 8 heterocycles. The van der Waals surface area contributed by atoms with Gasteiger partial charge < -0.3 is 15.4 Å². The van der Waals surface area contributed by atoms with E-state index in [1.54, 1.807) is 104 Å². The molecule has 13 rings (SSSR count). The van der Waals surface area contributed by atoms with Crippen LogP contribution in [0.3, 0.4) is 0 Å². The number of Topliss-reactive ketones (excluding diaryl/α,β-unsaturated/α-hetero) is 1. The summed E-state index contributed by atoms with van der Waals surface area (Å²) in [4.78, 5) is 227. The van der Waals surface area contributed by atoms with Gasteiger partial charge in [-0.2, -0.15) is 0 Å². The van der Waals surface area contributed by atoms with Gasteiger partial charge in [-0.3, -0.25) is 101 Å². The number of carbonyl (C=O) groups excluding carboxylic acids is 19. The molecule has 29 nitrogen and oxygen atoms in total. The number of amides is 18. The molecule has 113 heavy (non-hydrogen) atoms. The predicted molar refractivity (Wildman–Crippen MR) is 422 cm³/mol. The van der Waals surface area contributed by atoms with E-state index in [2.05, 4.69) is 52.2 Å². The molecule has 2 N–H and O–H groups in total. The number of nitrogens with one attached hydrogen (secondary N) is 2. The fourth-order valence-corrected chi connectivity index (χ4v) is 10.1. The Bertz CT molecular complexity index is 4500. The largest absolute Gasteiger partial charge is 0.322 e. The summed E-state index contributed by atoms with van der Waals surface area (Å²) in [5.41, 5.74) is 3.76. The van der Waals surface area contributed by atoms with Crippen molar-refractivity contribution in [2.45, 2.75) is 107 Å². The molecule has 0 fully saturated rings. The third-order valence-electron chi connectivity index (χ3n) is 15.2. The second-order valence-corrected chi connectivity index (χ2v) is 25.0. The van der Waals surface area contributed by atoms with Gasteiger partial charge in [-0.25, -0.2) is 24.5 Å². The fraction of sp³-hybridized carbons (Fsp3) is 0.226. The lowest BCUT2D eigenvalue weighted by Gasteiger charge is -2.20. The van der Waals surface area contributed by atoms with Gasteiger partial charge in [-0.15, -0.1) is 0 Å². The second kappa shape index (κ2) is 44.3. The number of imide groups is 8. The van der Waals surface area contributed by atoms with Crippen molar-refractivity contribution in [3.63, 3.8) is 0 Å². The molecule has 0 saturated heterocycles. The van der Waals surface area contributed by atoms with E-state index in [4.69, 9.17) is 0 Å². The van der Waals surface area contributed by atoms with E-state index in [0.717, 1.165) is 79.4 Å². The Morgan fingerprint density at radius 1 is 0.292 bits per heavy atom. The summed E-state index contributed by atoms with van der Waals surface area (Å²) in [6, 6.07) is 32.2. The molecule has 5 aromatic rings. The molecule has 18 amide bonds. The zero-order valence-electron chi connectivity index (χ0n) is 64.0. The quantitative estimate of drug-likeness (QED) is 0.0685. The van der Waals surface area contributed by atoms with E-state index in [9.17, 15) is 91.1 Å². The van der Waals surface area contributed by atoms with E-state index in [-0.39, 0.29) is 75.5 Å². The molecule has 0 spiro atoms. The predicted octanol–water partition coefficient (Wildman–Crippen LogP) is 9.80. The molecule has 0 unspecified atom stereocenters. The number of hydrogen-bond acceptors (Lipinski definition) is 19. The Morgan fingerprint density at radius 3 is 0.867 bits per heavy atom. The van der Waals surface area contributed by atoms with Crippen molar-refractivity contribution in [2.24, 2.45) is 0 Å². The zero-order chi connectivity index (χ0) is 83.6. The topological polar surface area (TPSA) is 374 Å². The number of hydrogen-bond donors (Lipinski definition) is 2. The normalized spacial score (nSPS) is 15.1. The van der Waals surface area contributed by atoms with Crippen LogP contribution in [-0.2, 0) is 81.5 Å². The molecule has 8 aliphatic rings. The molecule has 29 heteroatoms. The lowest BCUT2D eigenvalue weighted by atomic mass is 10.1. The summed E-state index contributed by atoms with van der Waals surface area (Å²) >= 11 is 0. The SMILES string of the molecule is CC(C)=O.CCC.CCC.CCC.CN1C(=O)C=CC1=O.Cc1ccc(N2C(=O)C=CC2=O)cc1N1C(=O)C=CC1=O.O=C(Nc1cccc(NC(=O)c2cccc(N3C(=O)C=CC3=O)c2)c1)c1cccc(N2C(=O)C=CC2=O)c1.O=C1C=CC(=O)N1CCCCCCN1C(=O)C=CC1=O.O=C1C=CC(=O)N1c1ccccc1. The Kier molecular flexibility index (Phi) is 35.0. The summed E-state index contributed by atoms with van der Waals surface area (Å²) in [5.74, 6) is -6.62. The third kappa shape index (κ3) is 26.0. The number of para-hydroxylation sites is 1. The maximum absolute atomic E-state index is 12.8. The van der Waals surface area contributed by atoms with Crippen molar-refractivity contribution in [3.05, 3.63) is 235 Å². The number of nitrogens with zero attached hydrogens (tertiary/aromatic N) is 8. The van der Waals surface area contributed by atoms with Crippen LogP contribution in [0.1, 0.15) is 127 Å². The van der Waals surface area contributed by atoms with Crippen molar-refractivity contribution >= 4 is 152 Å². The number of anilines is 7. The molecule has 0 aliphatic carbocycles. The highest BCUT2D eigenvalue weighted by atomic mass is 16.2. The molecule has 0 aromatic heterocycles. The molecule has 8 aliphatic heterocycles. The summed E-state index contributed by atoms with van der Waals surface area (Å²) in [6.07, 6.45) is 26.4. The summed E-state index contributed by atoms with van der Waals surface area (Å²) in [7, 11) is 1.45. The minimum atomic E-state index is -0.489. The van der Waals surface area contributed by atoms with Crippen molar-refractivity contribution in [1.82, 2.24) is 14.7 Å². The maximum atomic E-state index is 12.8. The number of benzene rings is 5. The van der Waals surface area contributed by atoms with Crippen molar-refractivity contribution in [1.29, 1.82) is 0 Å². The molecular formula is C84H86N10O19. The van der Waals surface area contributed by atoms with Crippen LogP contribution in [0.5, 0.6) is 0 Å². The molecule has 0 radical (unpaired) electrons. The van der Waals surface area contributed by atoms with E-state index in [1.165, 1.54) is 141 Å². The molecule has 0 bridgehead atoms. The highest BCUT2D eigenvalue weighted by Gasteiger charge is 2.32. The van der Waals surface area contributed by atoms with Crippen LogP contribution >= 0.6 is 0 Å². The van der Waals surface area contributed by atoms with Gasteiger partial charge in [0.2, 0.25) is 0 Å². The van der Waals surface area contributed by atoms with Crippen molar-refractivity contribution < 1.29 is 91.1 Å². The molecule has 586 valence electrons. The Balaban J connectivity index is 0.000000260. The van der Waals surface area contributed by atoms with Gasteiger partial charge in [0, 0.05) is 140 Å².